The molecule has 0 radical (unpaired) electrons. The quantitative estimate of drug-likeness (QED) is 0.798. The molecule has 0 bridgehead atoms. The van der Waals surface area contributed by atoms with E-state index < -0.39 is 0 Å². The number of amides is 1. The van der Waals surface area contributed by atoms with Crippen LogP contribution in [0.15, 0.2) is 30.3 Å². The van der Waals surface area contributed by atoms with E-state index in [4.69, 9.17) is 10.00 Å². The molecule has 1 heterocycles. The van der Waals surface area contributed by atoms with E-state index >= 15 is 0 Å². The predicted octanol–water partition coefficient (Wildman–Crippen LogP) is 1.16. The van der Waals surface area contributed by atoms with Gasteiger partial charge in [-0.05, 0) is 12.1 Å². The lowest BCUT2D eigenvalue weighted by Crippen LogP contribution is -2.45. The summed E-state index contributed by atoms with van der Waals surface area (Å²) in [6.07, 6.45) is 0. The third-order valence-electron chi connectivity index (χ3n) is 3.65. The van der Waals surface area contributed by atoms with Crippen LogP contribution < -0.4 is 5.32 Å². The van der Waals surface area contributed by atoms with Crippen LogP contribution in [0.4, 0.5) is 0 Å². The molecule has 21 heavy (non-hydrogen) atoms. The summed E-state index contributed by atoms with van der Waals surface area (Å²) in [6.45, 7) is 4.35. The SMILES string of the molecule is CCNC1COCC1C(=O)N(CC#N)Cc1ccccc1. The van der Waals surface area contributed by atoms with Crippen LogP contribution >= 0.6 is 0 Å². The highest BCUT2D eigenvalue weighted by atomic mass is 16.5. The highest BCUT2D eigenvalue weighted by Crippen LogP contribution is 2.18. The summed E-state index contributed by atoms with van der Waals surface area (Å²) in [7, 11) is 0. The molecule has 1 aromatic carbocycles. The largest absolute Gasteiger partial charge is 0.379 e. The van der Waals surface area contributed by atoms with Crippen LogP contribution in [0.1, 0.15) is 12.5 Å². The van der Waals surface area contributed by atoms with Crippen LogP contribution in [0.25, 0.3) is 0 Å². The number of benzene rings is 1. The molecule has 1 aliphatic rings. The van der Waals surface area contributed by atoms with Gasteiger partial charge in [0.05, 0.1) is 25.2 Å². The Hall–Kier alpha value is -1.90. The molecule has 0 aliphatic carbocycles. The van der Waals surface area contributed by atoms with Gasteiger partial charge in [-0.15, -0.1) is 0 Å². The number of nitrogens with one attached hydrogen (secondary N) is 1. The highest BCUT2D eigenvalue weighted by molar-refractivity contribution is 5.80. The summed E-state index contributed by atoms with van der Waals surface area (Å²) >= 11 is 0. The summed E-state index contributed by atoms with van der Waals surface area (Å²) in [4.78, 5) is 14.3. The Balaban J connectivity index is 2.06. The van der Waals surface area contributed by atoms with Gasteiger partial charge in [-0.2, -0.15) is 5.26 Å². The van der Waals surface area contributed by atoms with Gasteiger partial charge in [-0.25, -0.2) is 0 Å². The third kappa shape index (κ3) is 4.03. The number of hydrogen-bond acceptors (Lipinski definition) is 4. The molecular weight excluding hydrogens is 266 g/mol. The topological polar surface area (TPSA) is 65.4 Å². The summed E-state index contributed by atoms with van der Waals surface area (Å²) in [5, 5.41) is 12.3. The van der Waals surface area contributed by atoms with E-state index in [1.54, 1.807) is 4.90 Å². The molecule has 2 unspecified atom stereocenters. The fraction of sp³-hybridized carbons (Fsp3) is 0.500. The third-order valence-corrected chi connectivity index (χ3v) is 3.65. The second kappa shape index (κ2) is 7.77. The number of hydrogen-bond donors (Lipinski definition) is 1. The van der Waals surface area contributed by atoms with Gasteiger partial charge in [-0.1, -0.05) is 37.3 Å². The molecule has 1 fully saturated rings. The summed E-state index contributed by atoms with van der Waals surface area (Å²) in [5.41, 5.74) is 1.03. The maximum Gasteiger partial charge on any atom is 0.230 e. The first-order chi connectivity index (χ1) is 10.3. The van der Waals surface area contributed by atoms with Gasteiger partial charge in [0, 0.05) is 12.6 Å². The minimum absolute atomic E-state index is 0.0103. The van der Waals surface area contributed by atoms with E-state index in [9.17, 15) is 4.79 Å². The highest BCUT2D eigenvalue weighted by Gasteiger charge is 2.36. The molecule has 1 saturated heterocycles. The lowest BCUT2D eigenvalue weighted by Gasteiger charge is -2.25. The zero-order valence-corrected chi connectivity index (χ0v) is 12.3. The molecule has 0 saturated carbocycles. The first kappa shape index (κ1) is 15.5. The monoisotopic (exact) mass is 287 g/mol. The molecule has 1 aromatic rings. The maximum atomic E-state index is 12.7. The van der Waals surface area contributed by atoms with E-state index in [-0.39, 0.29) is 24.4 Å². The molecule has 5 nitrogen and oxygen atoms in total. The molecule has 5 heteroatoms. The average Bonchev–Trinajstić information content (AvgIpc) is 2.96. The Morgan fingerprint density at radius 2 is 2.19 bits per heavy atom. The van der Waals surface area contributed by atoms with Crippen LogP contribution in [-0.2, 0) is 16.1 Å². The summed E-state index contributed by atoms with van der Waals surface area (Å²) < 4.78 is 5.43. The van der Waals surface area contributed by atoms with Gasteiger partial charge in [-0.3, -0.25) is 4.79 Å². The van der Waals surface area contributed by atoms with Crippen molar-refractivity contribution >= 4 is 5.91 Å². The van der Waals surface area contributed by atoms with Crippen LogP contribution in [0, 0.1) is 17.2 Å². The van der Waals surface area contributed by atoms with Crippen molar-refractivity contribution in [1.82, 2.24) is 10.2 Å². The fourth-order valence-electron chi connectivity index (χ4n) is 2.60. The van der Waals surface area contributed by atoms with Crippen molar-refractivity contribution in [1.29, 1.82) is 5.26 Å². The second-order valence-corrected chi connectivity index (χ2v) is 5.15. The minimum Gasteiger partial charge on any atom is -0.379 e. The molecule has 0 aromatic heterocycles. The van der Waals surface area contributed by atoms with Crippen molar-refractivity contribution in [3.63, 3.8) is 0 Å². The molecule has 112 valence electrons. The van der Waals surface area contributed by atoms with Gasteiger partial charge in [0.15, 0.2) is 0 Å². The van der Waals surface area contributed by atoms with Crippen molar-refractivity contribution in [2.75, 3.05) is 26.3 Å². The number of nitriles is 1. The van der Waals surface area contributed by atoms with Crippen molar-refractivity contribution in [3.05, 3.63) is 35.9 Å². The van der Waals surface area contributed by atoms with Gasteiger partial charge in [0.1, 0.15) is 6.54 Å². The van der Waals surface area contributed by atoms with Gasteiger partial charge < -0.3 is 15.0 Å². The molecule has 0 spiro atoms. The Labute approximate surface area is 125 Å². The van der Waals surface area contributed by atoms with Crippen molar-refractivity contribution in [3.8, 4) is 6.07 Å². The molecule has 1 amide bonds. The van der Waals surface area contributed by atoms with Crippen LogP contribution in [0.2, 0.25) is 0 Å². The number of nitrogens with zero attached hydrogens (tertiary/aromatic N) is 2. The van der Waals surface area contributed by atoms with Gasteiger partial charge in [0.2, 0.25) is 5.91 Å². The van der Waals surface area contributed by atoms with Crippen LogP contribution in [0.5, 0.6) is 0 Å². The Morgan fingerprint density at radius 1 is 1.43 bits per heavy atom. The first-order valence-electron chi connectivity index (χ1n) is 7.27. The van der Waals surface area contributed by atoms with E-state index in [2.05, 4.69) is 11.4 Å². The standard InChI is InChI=1S/C16H21N3O2/c1-2-18-15-12-21-11-14(15)16(20)19(9-8-17)10-13-6-4-3-5-7-13/h3-7,14-15,18H,2,9-12H2,1H3. The lowest BCUT2D eigenvalue weighted by molar-refractivity contribution is -0.136. The zero-order valence-electron chi connectivity index (χ0n) is 12.3. The van der Waals surface area contributed by atoms with Crippen LogP contribution in [0.3, 0.4) is 0 Å². The summed E-state index contributed by atoms with van der Waals surface area (Å²) in [5.74, 6) is -0.217. The number of ether oxygens (including phenoxy) is 1. The number of likely N-dealkylation sites (N-methyl/N-ethyl adjacent to an activating group) is 1. The minimum atomic E-state index is -0.206. The van der Waals surface area contributed by atoms with E-state index in [0.29, 0.717) is 19.8 Å². The molecule has 2 rings (SSSR count). The Bertz CT molecular complexity index is 498. The first-order valence-corrected chi connectivity index (χ1v) is 7.27. The number of carbonyl (C=O) groups excluding carboxylic acids is 1. The second-order valence-electron chi connectivity index (χ2n) is 5.15. The van der Waals surface area contributed by atoms with Gasteiger partial charge in [0.25, 0.3) is 0 Å². The predicted molar refractivity (Wildman–Crippen MR) is 79.2 cm³/mol. The smallest absolute Gasteiger partial charge is 0.230 e. The number of carbonyl (C=O) groups is 1. The van der Waals surface area contributed by atoms with E-state index in [0.717, 1.165) is 12.1 Å². The normalized spacial score (nSPS) is 21.0. The Kier molecular flexibility index (Phi) is 5.73. The maximum absolute atomic E-state index is 12.7. The van der Waals surface area contributed by atoms with Crippen molar-refractivity contribution in [2.24, 2.45) is 5.92 Å². The lowest BCUT2D eigenvalue weighted by atomic mass is 10.0. The zero-order chi connectivity index (χ0) is 15.1. The Morgan fingerprint density at radius 3 is 2.86 bits per heavy atom. The molecule has 2 atom stereocenters. The van der Waals surface area contributed by atoms with Crippen LogP contribution in [-0.4, -0.2) is 43.2 Å². The van der Waals surface area contributed by atoms with Crippen molar-refractivity contribution in [2.45, 2.75) is 19.5 Å². The van der Waals surface area contributed by atoms with Crippen molar-refractivity contribution < 1.29 is 9.53 Å². The average molecular weight is 287 g/mol. The molecular formula is C16H21N3O2. The van der Waals surface area contributed by atoms with Gasteiger partial charge >= 0.3 is 0 Å². The molecule has 1 N–H and O–H groups in total. The van der Waals surface area contributed by atoms with E-state index in [1.807, 2.05) is 37.3 Å². The summed E-state index contributed by atoms with van der Waals surface area (Å²) in [6, 6.07) is 11.9. The van der Waals surface area contributed by atoms with E-state index in [1.165, 1.54) is 0 Å². The fourth-order valence-corrected chi connectivity index (χ4v) is 2.60. The number of rotatable bonds is 6. The molecule has 1 aliphatic heterocycles.